The molecule has 1 aliphatic heterocycles. The predicted octanol–water partition coefficient (Wildman–Crippen LogP) is 2.35. The molecule has 2 N–H and O–H groups in total. The van der Waals surface area contributed by atoms with Crippen molar-refractivity contribution in [3.8, 4) is 0 Å². The van der Waals surface area contributed by atoms with Crippen LogP contribution in [0.5, 0.6) is 0 Å². The first kappa shape index (κ1) is 16.2. The van der Waals surface area contributed by atoms with Crippen LogP contribution in [-0.4, -0.2) is 34.5 Å². The number of ether oxygens (including phenoxy) is 1. The molecular weight excluding hydrogens is 268 g/mol. The Balaban J connectivity index is 2.10. The molecule has 0 unspecified atom stereocenters. The van der Waals surface area contributed by atoms with Gasteiger partial charge in [-0.2, -0.15) is 0 Å². The zero-order valence-corrected chi connectivity index (χ0v) is 12.6. The van der Waals surface area contributed by atoms with E-state index in [0.717, 1.165) is 25.7 Å². The van der Waals surface area contributed by atoms with E-state index >= 15 is 0 Å². The Hall–Kier alpha value is -1.13. The number of rotatable bonds is 1. The van der Waals surface area contributed by atoms with Gasteiger partial charge in [0.1, 0.15) is 6.10 Å². The zero-order valence-electron chi connectivity index (χ0n) is 12.6. The Kier molecular flexibility index (Phi) is 6.00. The minimum atomic E-state index is -0.717. The fourth-order valence-corrected chi connectivity index (χ4v) is 3.29. The standard InChI is InChI=1S/C17H26O4/c1-2-14-7-5-3-4-6-12-10-13(18)11-15(12)16(19)8-9-17(20)21-14/h4,6,8-9,12-16,18-19H,2-3,5,7,10-11H2,1H3/b6-4+,9-8+/t12-,13+,14+,15-,16-/m1/s1. The van der Waals surface area contributed by atoms with Crippen molar-refractivity contribution < 1.29 is 19.7 Å². The van der Waals surface area contributed by atoms with Crippen LogP contribution in [0, 0.1) is 11.8 Å². The molecule has 118 valence electrons. The quantitative estimate of drug-likeness (QED) is 0.575. The zero-order chi connectivity index (χ0) is 15.2. The van der Waals surface area contributed by atoms with Gasteiger partial charge in [0.2, 0.25) is 0 Å². The summed E-state index contributed by atoms with van der Waals surface area (Å²) in [5.74, 6) is -0.232. The monoisotopic (exact) mass is 294 g/mol. The number of hydrogen-bond donors (Lipinski definition) is 2. The SMILES string of the molecule is CC[C@H]1CCC/C=C/[C@@H]2C[C@H](O)C[C@H]2[C@H](O)/C=C/C(=O)O1. The van der Waals surface area contributed by atoms with Crippen LogP contribution < -0.4 is 0 Å². The second kappa shape index (κ2) is 7.76. The summed E-state index contributed by atoms with van der Waals surface area (Å²) in [7, 11) is 0. The molecule has 0 aromatic carbocycles. The van der Waals surface area contributed by atoms with Gasteiger partial charge in [0.25, 0.3) is 0 Å². The second-order valence-electron chi connectivity index (χ2n) is 6.13. The highest BCUT2D eigenvalue weighted by Crippen LogP contribution is 2.36. The van der Waals surface area contributed by atoms with Crippen molar-refractivity contribution in [2.24, 2.45) is 11.8 Å². The van der Waals surface area contributed by atoms with E-state index in [9.17, 15) is 15.0 Å². The Labute approximate surface area is 126 Å². The summed E-state index contributed by atoms with van der Waals surface area (Å²) >= 11 is 0. The van der Waals surface area contributed by atoms with Gasteiger partial charge in [0.15, 0.2) is 0 Å². The van der Waals surface area contributed by atoms with Crippen molar-refractivity contribution in [2.75, 3.05) is 0 Å². The van der Waals surface area contributed by atoms with E-state index < -0.39 is 6.10 Å². The molecule has 0 amide bonds. The van der Waals surface area contributed by atoms with Gasteiger partial charge in [-0.1, -0.05) is 19.1 Å². The van der Waals surface area contributed by atoms with Gasteiger partial charge in [0.05, 0.1) is 12.2 Å². The fourth-order valence-electron chi connectivity index (χ4n) is 3.29. The average Bonchev–Trinajstić information content (AvgIpc) is 2.83. The number of fused-ring (bicyclic) bond motifs is 1. The maximum absolute atomic E-state index is 11.8. The third-order valence-corrected chi connectivity index (χ3v) is 4.52. The van der Waals surface area contributed by atoms with Crippen molar-refractivity contribution >= 4 is 5.97 Å². The molecular formula is C17H26O4. The first-order valence-corrected chi connectivity index (χ1v) is 8.01. The summed E-state index contributed by atoms with van der Waals surface area (Å²) in [5, 5.41) is 20.1. The number of cyclic esters (lactones) is 1. The van der Waals surface area contributed by atoms with Gasteiger partial charge in [0, 0.05) is 6.08 Å². The number of allylic oxidation sites excluding steroid dienone is 2. The van der Waals surface area contributed by atoms with Crippen molar-refractivity contribution in [1.82, 2.24) is 0 Å². The third-order valence-electron chi connectivity index (χ3n) is 4.52. The highest BCUT2D eigenvalue weighted by atomic mass is 16.5. The molecule has 1 fully saturated rings. The molecule has 0 saturated heterocycles. The van der Waals surface area contributed by atoms with Gasteiger partial charge < -0.3 is 14.9 Å². The molecule has 0 aromatic rings. The molecule has 1 saturated carbocycles. The summed E-state index contributed by atoms with van der Waals surface area (Å²) in [4.78, 5) is 11.8. The van der Waals surface area contributed by atoms with Crippen LogP contribution in [0.2, 0.25) is 0 Å². The van der Waals surface area contributed by atoms with E-state index in [2.05, 4.69) is 12.2 Å². The van der Waals surface area contributed by atoms with E-state index in [4.69, 9.17) is 4.74 Å². The van der Waals surface area contributed by atoms with Crippen molar-refractivity contribution in [3.05, 3.63) is 24.3 Å². The summed E-state index contributed by atoms with van der Waals surface area (Å²) in [5.41, 5.74) is 0. The van der Waals surface area contributed by atoms with Crippen LogP contribution in [0.4, 0.5) is 0 Å². The lowest BCUT2D eigenvalue weighted by atomic mass is 9.90. The van der Waals surface area contributed by atoms with Crippen LogP contribution in [-0.2, 0) is 9.53 Å². The maximum Gasteiger partial charge on any atom is 0.330 e. The van der Waals surface area contributed by atoms with Crippen molar-refractivity contribution in [3.63, 3.8) is 0 Å². The molecule has 0 bridgehead atoms. The molecule has 4 heteroatoms. The number of carbonyl (C=O) groups is 1. The molecule has 0 spiro atoms. The van der Waals surface area contributed by atoms with Crippen LogP contribution >= 0.6 is 0 Å². The lowest BCUT2D eigenvalue weighted by Crippen LogP contribution is -2.22. The van der Waals surface area contributed by atoms with Crippen LogP contribution in [0.1, 0.15) is 45.4 Å². The van der Waals surface area contributed by atoms with Crippen LogP contribution in [0.25, 0.3) is 0 Å². The number of hydrogen-bond acceptors (Lipinski definition) is 4. The maximum atomic E-state index is 11.8. The molecule has 0 radical (unpaired) electrons. The molecule has 5 atom stereocenters. The minimum Gasteiger partial charge on any atom is -0.459 e. The molecule has 2 aliphatic rings. The Morgan fingerprint density at radius 2 is 2.10 bits per heavy atom. The van der Waals surface area contributed by atoms with Gasteiger partial charge in [-0.3, -0.25) is 0 Å². The second-order valence-corrected chi connectivity index (χ2v) is 6.13. The summed E-state index contributed by atoms with van der Waals surface area (Å²) in [6.45, 7) is 2.01. The summed E-state index contributed by atoms with van der Waals surface area (Å²) < 4.78 is 5.38. The van der Waals surface area contributed by atoms with E-state index in [0.29, 0.717) is 12.8 Å². The van der Waals surface area contributed by atoms with Gasteiger partial charge >= 0.3 is 5.97 Å². The normalized spacial score (nSPS) is 41.1. The third kappa shape index (κ3) is 4.68. The fraction of sp³-hybridized carbons (Fsp3) is 0.706. The molecule has 4 nitrogen and oxygen atoms in total. The summed E-state index contributed by atoms with van der Waals surface area (Å²) in [6, 6.07) is 0. The van der Waals surface area contributed by atoms with E-state index in [1.54, 1.807) is 0 Å². The highest BCUT2D eigenvalue weighted by molar-refractivity contribution is 5.82. The van der Waals surface area contributed by atoms with Gasteiger partial charge in [-0.15, -0.1) is 0 Å². The van der Waals surface area contributed by atoms with Gasteiger partial charge in [-0.25, -0.2) is 4.79 Å². The number of carbonyl (C=O) groups excluding carboxylic acids is 1. The molecule has 1 aliphatic carbocycles. The van der Waals surface area contributed by atoms with Crippen LogP contribution in [0.3, 0.4) is 0 Å². The number of aliphatic hydroxyl groups excluding tert-OH is 2. The Morgan fingerprint density at radius 3 is 2.86 bits per heavy atom. The molecule has 21 heavy (non-hydrogen) atoms. The summed E-state index contributed by atoms with van der Waals surface area (Å²) in [6.07, 6.45) is 10.8. The highest BCUT2D eigenvalue weighted by Gasteiger charge is 2.35. The minimum absolute atomic E-state index is 0.0250. The van der Waals surface area contributed by atoms with Crippen molar-refractivity contribution in [2.45, 2.75) is 63.8 Å². The van der Waals surface area contributed by atoms with E-state index in [1.807, 2.05) is 6.92 Å². The van der Waals surface area contributed by atoms with Crippen LogP contribution in [0.15, 0.2) is 24.3 Å². The smallest absolute Gasteiger partial charge is 0.330 e. The molecule has 2 rings (SSSR count). The number of esters is 1. The molecule has 0 aromatic heterocycles. The van der Waals surface area contributed by atoms with Gasteiger partial charge in [-0.05, 0) is 56.4 Å². The lowest BCUT2D eigenvalue weighted by molar-refractivity contribution is -0.143. The topological polar surface area (TPSA) is 66.8 Å². The molecule has 1 heterocycles. The van der Waals surface area contributed by atoms with E-state index in [1.165, 1.54) is 12.2 Å². The average molecular weight is 294 g/mol. The first-order chi connectivity index (χ1) is 10.1. The Morgan fingerprint density at radius 1 is 1.29 bits per heavy atom. The lowest BCUT2D eigenvalue weighted by Gasteiger charge is -2.19. The predicted molar refractivity (Wildman–Crippen MR) is 80.5 cm³/mol. The number of aliphatic hydroxyl groups is 2. The first-order valence-electron chi connectivity index (χ1n) is 8.01. The van der Waals surface area contributed by atoms with E-state index in [-0.39, 0.29) is 30.0 Å². The Bertz CT molecular complexity index is 402. The largest absolute Gasteiger partial charge is 0.459 e. The van der Waals surface area contributed by atoms with Crippen molar-refractivity contribution in [1.29, 1.82) is 0 Å².